The number of carbonyl (C=O) groups excluding carboxylic acids is 3. The molecule has 0 saturated heterocycles. The summed E-state index contributed by atoms with van der Waals surface area (Å²) >= 11 is 0. The summed E-state index contributed by atoms with van der Waals surface area (Å²) in [7, 11) is 0. The predicted octanol–water partition coefficient (Wildman–Crippen LogP) is 18.0. The molecule has 0 aromatic rings. The molecule has 0 rings (SSSR count). The average molecular weight is 905 g/mol. The number of allylic oxidation sites excluding steroid dienone is 14. The third kappa shape index (κ3) is 51.4. The van der Waals surface area contributed by atoms with Crippen LogP contribution in [0.5, 0.6) is 0 Å². The van der Waals surface area contributed by atoms with Gasteiger partial charge in [0.1, 0.15) is 13.2 Å². The van der Waals surface area contributed by atoms with Crippen LogP contribution in [0.4, 0.5) is 0 Å². The summed E-state index contributed by atoms with van der Waals surface area (Å²) in [5, 5.41) is 0. The molecule has 372 valence electrons. The van der Waals surface area contributed by atoms with Crippen molar-refractivity contribution >= 4 is 17.9 Å². The van der Waals surface area contributed by atoms with Crippen molar-refractivity contribution in [2.75, 3.05) is 13.2 Å². The molecule has 0 saturated carbocycles. The van der Waals surface area contributed by atoms with Gasteiger partial charge in [-0.2, -0.15) is 0 Å². The molecule has 6 heteroatoms. The molecule has 0 fully saturated rings. The fourth-order valence-electron chi connectivity index (χ4n) is 7.54. The Bertz CT molecular complexity index is 1270. The van der Waals surface area contributed by atoms with Crippen molar-refractivity contribution in [1.82, 2.24) is 0 Å². The second kappa shape index (κ2) is 53.2. The SMILES string of the molecule is CC\C=C/C=C\C=C/C=C\C=C\C=C/C=C\CCCCCC(=O)OCC(COC(=O)CCCCCCCCCCCCC)OC(=O)CCCCCCCCCCCCCCCCCCC. The Morgan fingerprint density at radius 1 is 0.323 bits per heavy atom. The van der Waals surface area contributed by atoms with Gasteiger partial charge in [0.25, 0.3) is 0 Å². The van der Waals surface area contributed by atoms with Crippen molar-refractivity contribution in [2.45, 2.75) is 258 Å². The standard InChI is InChI=1S/C59H100O6/c1-4-7-10-13-16-19-22-24-26-28-29-31-32-34-37-40-43-46-49-52-58(61)64-55-56(54-63-57(60)51-48-45-42-39-36-21-18-15-12-9-6-3)65-59(62)53-50-47-44-41-38-35-33-30-27-25-23-20-17-14-11-8-5-2/h7,10,13,16,19,22,24,26,28-29,31-32,34,37,56H,4-6,8-9,11-12,14-15,17-18,20-21,23,25,27,30,33,35-36,38-55H2,1-3H3/b10-7-,16-13-,22-19-,26-24-,29-28+,32-31-,37-34-. The van der Waals surface area contributed by atoms with Crippen LogP contribution in [0.3, 0.4) is 0 Å². The van der Waals surface area contributed by atoms with E-state index in [2.05, 4.69) is 32.9 Å². The molecule has 0 N–H and O–H groups in total. The minimum Gasteiger partial charge on any atom is -0.462 e. The zero-order valence-corrected chi connectivity index (χ0v) is 42.5. The minimum atomic E-state index is -0.792. The Morgan fingerprint density at radius 2 is 0.600 bits per heavy atom. The number of hydrogen-bond donors (Lipinski definition) is 0. The summed E-state index contributed by atoms with van der Waals surface area (Å²) < 4.78 is 16.8. The maximum atomic E-state index is 12.8. The van der Waals surface area contributed by atoms with Gasteiger partial charge >= 0.3 is 17.9 Å². The van der Waals surface area contributed by atoms with E-state index in [0.717, 1.165) is 70.6 Å². The van der Waals surface area contributed by atoms with Gasteiger partial charge in [-0.05, 0) is 38.5 Å². The van der Waals surface area contributed by atoms with Crippen LogP contribution < -0.4 is 0 Å². The van der Waals surface area contributed by atoms with Gasteiger partial charge in [0.2, 0.25) is 0 Å². The van der Waals surface area contributed by atoms with Crippen LogP contribution in [0.15, 0.2) is 85.1 Å². The van der Waals surface area contributed by atoms with Gasteiger partial charge in [0, 0.05) is 19.3 Å². The molecule has 1 atom stereocenters. The molecule has 0 aliphatic rings. The van der Waals surface area contributed by atoms with Crippen LogP contribution >= 0.6 is 0 Å². The first-order chi connectivity index (χ1) is 32.0. The van der Waals surface area contributed by atoms with Gasteiger partial charge in [-0.25, -0.2) is 0 Å². The molecule has 6 nitrogen and oxygen atoms in total. The number of hydrogen-bond acceptors (Lipinski definition) is 6. The largest absolute Gasteiger partial charge is 0.462 e. The van der Waals surface area contributed by atoms with Gasteiger partial charge in [-0.3, -0.25) is 14.4 Å². The molecule has 0 spiro atoms. The van der Waals surface area contributed by atoms with E-state index in [9.17, 15) is 14.4 Å². The second-order valence-corrected chi connectivity index (χ2v) is 18.0. The smallest absolute Gasteiger partial charge is 0.306 e. The van der Waals surface area contributed by atoms with Crippen LogP contribution in [-0.2, 0) is 28.6 Å². The maximum absolute atomic E-state index is 12.8. The van der Waals surface area contributed by atoms with Gasteiger partial charge in [0.15, 0.2) is 6.10 Å². The van der Waals surface area contributed by atoms with Crippen LogP contribution in [0.25, 0.3) is 0 Å². The van der Waals surface area contributed by atoms with E-state index in [1.165, 1.54) is 141 Å². The van der Waals surface area contributed by atoms with Crippen LogP contribution in [0.2, 0.25) is 0 Å². The second-order valence-electron chi connectivity index (χ2n) is 18.0. The van der Waals surface area contributed by atoms with E-state index in [4.69, 9.17) is 14.2 Å². The van der Waals surface area contributed by atoms with Crippen molar-refractivity contribution in [3.05, 3.63) is 85.1 Å². The normalized spacial score (nSPS) is 12.7. The Balaban J connectivity index is 4.44. The lowest BCUT2D eigenvalue weighted by Gasteiger charge is -2.18. The first-order valence-corrected chi connectivity index (χ1v) is 27.2. The molecule has 0 amide bonds. The molecule has 0 aliphatic heterocycles. The number of carbonyl (C=O) groups is 3. The van der Waals surface area contributed by atoms with E-state index in [1.54, 1.807) is 0 Å². The first-order valence-electron chi connectivity index (χ1n) is 27.2. The summed E-state index contributed by atoms with van der Waals surface area (Å²) in [5.74, 6) is -0.930. The van der Waals surface area contributed by atoms with Crippen LogP contribution in [0.1, 0.15) is 252 Å². The molecule has 0 aromatic carbocycles. The zero-order chi connectivity index (χ0) is 47.2. The molecule has 0 radical (unpaired) electrons. The molecular formula is C59H100O6. The summed E-state index contributed by atoms with van der Waals surface area (Å²) in [5.41, 5.74) is 0. The Morgan fingerprint density at radius 3 is 0.938 bits per heavy atom. The fourth-order valence-corrected chi connectivity index (χ4v) is 7.54. The quantitative estimate of drug-likeness (QED) is 0.0262. The third-order valence-corrected chi connectivity index (χ3v) is 11.6. The van der Waals surface area contributed by atoms with Crippen LogP contribution in [0, 0.1) is 0 Å². The lowest BCUT2D eigenvalue weighted by molar-refractivity contribution is -0.167. The van der Waals surface area contributed by atoms with Crippen molar-refractivity contribution in [3.63, 3.8) is 0 Å². The minimum absolute atomic E-state index is 0.0885. The summed E-state index contributed by atoms with van der Waals surface area (Å²) in [6.07, 6.45) is 68.5. The molecule has 0 aliphatic carbocycles. The van der Waals surface area contributed by atoms with Gasteiger partial charge < -0.3 is 14.2 Å². The highest BCUT2D eigenvalue weighted by Crippen LogP contribution is 2.16. The van der Waals surface area contributed by atoms with Crippen molar-refractivity contribution in [3.8, 4) is 0 Å². The molecule has 65 heavy (non-hydrogen) atoms. The number of rotatable bonds is 48. The van der Waals surface area contributed by atoms with Gasteiger partial charge in [-0.1, -0.05) is 279 Å². The Labute approximate surface area is 401 Å². The molecule has 1 unspecified atom stereocenters. The first kappa shape index (κ1) is 61.6. The lowest BCUT2D eigenvalue weighted by atomic mass is 10.0. The van der Waals surface area contributed by atoms with E-state index >= 15 is 0 Å². The highest BCUT2D eigenvalue weighted by atomic mass is 16.6. The monoisotopic (exact) mass is 905 g/mol. The van der Waals surface area contributed by atoms with Crippen molar-refractivity contribution < 1.29 is 28.6 Å². The summed E-state index contributed by atoms with van der Waals surface area (Å²) in [6.45, 7) is 6.46. The molecular weight excluding hydrogens is 805 g/mol. The highest BCUT2D eigenvalue weighted by Gasteiger charge is 2.19. The summed E-state index contributed by atoms with van der Waals surface area (Å²) in [4.78, 5) is 38.0. The van der Waals surface area contributed by atoms with E-state index in [0.29, 0.717) is 19.3 Å². The Hall–Kier alpha value is -3.41. The van der Waals surface area contributed by atoms with Crippen molar-refractivity contribution in [2.24, 2.45) is 0 Å². The van der Waals surface area contributed by atoms with E-state index in [-0.39, 0.29) is 31.1 Å². The fraction of sp³-hybridized carbons (Fsp3) is 0.712. The summed E-state index contributed by atoms with van der Waals surface area (Å²) in [6, 6.07) is 0. The van der Waals surface area contributed by atoms with Crippen LogP contribution in [-0.4, -0.2) is 37.2 Å². The average Bonchev–Trinajstić information content (AvgIpc) is 3.30. The molecule has 0 heterocycles. The number of unbranched alkanes of at least 4 members (excludes halogenated alkanes) is 29. The van der Waals surface area contributed by atoms with Gasteiger partial charge in [0.05, 0.1) is 0 Å². The number of ether oxygens (including phenoxy) is 3. The molecule has 0 bridgehead atoms. The van der Waals surface area contributed by atoms with Crippen molar-refractivity contribution in [1.29, 1.82) is 0 Å². The van der Waals surface area contributed by atoms with E-state index < -0.39 is 6.10 Å². The zero-order valence-electron chi connectivity index (χ0n) is 42.5. The van der Waals surface area contributed by atoms with E-state index in [1.807, 2.05) is 72.9 Å². The maximum Gasteiger partial charge on any atom is 0.306 e. The number of esters is 3. The topological polar surface area (TPSA) is 78.9 Å². The molecule has 0 aromatic heterocycles. The lowest BCUT2D eigenvalue weighted by Crippen LogP contribution is -2.30. The van der Waals surface area contributed by atoms with Gasteiger partial charge in [-0.15, -0.1) is 0 Å². The third-order valence-electron chi connectivity index (χ3n) is 11.6. The Kier molecular flexibility index (Phi) is 50.4. The predicted molar refractivity (Wildman–Crippen MR) is 279 cm³/mol. The highest BCUT2D eigenvalue weighted by molar-refractivity contribution is 5.71.